The van der Waals surface area contributed by atoms with Crippen molar-refractivity contribution in [2.75, 3.05) is 4.90 Å². The molecule has 52 heavy (non-hydrogen) atoms. The zero-order valence-corrected chi connectivity index (χ0v) is 37.3. The first-order valence-electron chi connectivity index (χ1n) is 20.5. The summed E-state index contributed by atoms with van der Waals surface area (Å²) in [6.45, 7) is 32.8. The first kappa shape index (κ1) is 48.5. The molecule has 8 heteroatoms. The van der Waals surface area contributed by atoms with E-state index in [-0.39, 0.29) is 39.2 Å². The van der Waals surface area contributed by atoms with Crippen LogP contribution in [0.3, 0.4) is 0 Å². The fourth-order valence-corrected chi connectivity index (χ4v) is 6.83. The van der Waals surface area contributed by atoms with E-state index in [4.69, 9.17) is 22.0 Å². The van der Waals surface area contributed by atoms with Crippen molar-refractivity contribution in [2.45, 2.75) is 215 Å². The number of hydrogen-bond acceptors (Lipinski definition) is 6. The van der Waals surface area contributed by atoms with Crippen LogP contribution in [-0.2, 0) is 24.4 Å². The Bertz CT molecular complexity index is 1240. The van der Waals surface area contributed by atoms with E-state index in [1.54, 1.807) is 0 Å². The molecular formula is C44H79BNO5S. The first-order chi connectivity index (χ1) is 23.9. The van der Waals surface area contributed by atoms with Crippen LogP contribution in [0.15, 0.2) is 18.2 Å². The van der Waals surface area contributed by atoms with Gasteiger partial charge < -0.3 is 19.4 Å². The van der Waals surface area contributed by atoms with Gasteiger partial charge in [0.1, 0.15) is 5.60 Å². The lowest BCUT2D eigenvalue weighted by molar-refractivity contribution is -0.159. The first-order valence-corrected chi connectivity index (χ1v) is 21.0. The van der Waals surface area contributed by atoms with E-state index in [2.05, 4.69) is 92.3 Å². The minimum absolute atomic E-state index is 0.0224. The smallest absolute Gasteiger partial charge is 0.330 e. The number of aliphatic hydroxyl groups excluding tert-OH is 1. The van der Waals surface area contributed by atoms with E-state index in [1.807, 2.05) is 49.0 Å². The van der Waals surface area contributed by atoms with E-state index >= 15 is 0 Å². The minimum Gasteiger partial charge on any atom is -0.460 e. The van der Waals surface area contributed by atoms with Crippen LogP contribution in [0.4, 0.5) is 5.69 Å². The molecule has 0 aromatic heterocycles. The highest BCUT2D eigenvalue weighted by Gasteiger charge is 2.53. The maximum atomic E-state index is 14.0. The molecular weight excluding hydrogens is 665 g/mol. The van der Waals surface area contributed by atoms with Crippen LogP contribution >= 0.6 is 12.6 Å². The number of nitrogens with zero attached hydrogens (tertiary/aromatic N) is 1. The molecule has 2 atom stereocenters. The summed E-state index contributed by atoms with van der Waals surface area (Å²) < 4.78 is 11.1. The number of thiol groups is 1. The second-order valence-corrected chi connectivity index (χ2v) is 19.3. The average molecular weight is 745 g/mol. The van der Waals surface area contributed by atoms with Crippen molar-refractivity contribution < 1.29 is 24.1 Å². The second kappa shape index (κ2) is 20.4. The number of carbonyl (C=O) groups excluding carboxylic acids is 2. The van der Waals surface area contributed by atoms with Crippen LogP contribution < -0.4 is 10.4 Å². The standard InChI is InChI=1S/C27H43BNO2S.C9H18O2.C8H18O/c1-8-11-19-16-21(17-19)29-23-18-20(28-31-25(4,5)26(6,7)32)12-13-22(23)27(14-9-2,15-10-3)24(29)30;1-6-7(2)8(10)11-9(3,4)5;1-5-7(9)8(3,4)6-2/h12-13,18-19,21,32H,8-11,14-17H2,1-7H3;7H,6H2,1-5H3;7,9H,5-6H2,1-4H3. The fourth-order valence-electron chi connectivity index (χ4n) is 6.78. The molecule has 1 aromatic carbocycles. The van der Waals surface area contributed by atoms with Crippen molar-refractivity contribution in [1.29, 1.82) is 0 Å². The number of anilines is 1. The molecule has 299 valence electrons. The summed E-state index contributed by atoms with van der Waals surface area (Å²) in [6.07, 6.45) is 11.3. The Morgan fingerprint density at radius 2 is 1.50 bits per heavy atom. The van der Waals surface area contributed by atoms with E-state index in [1.165, 1.54) is 18.4 Å². The molecule has 0 spiro atoms. The van der Waals surface area contributed by atoms with Gasteiger partial charge in [-0.2, -0.15) is 12.6 Å². The van der Waals surface area contributed by atoms with Gasteiger partial charge in [0.2, 0.25) is 5.91 Å². The highest BCUT2D eigenvalue weighted by Crippen LogP contribution is 2.51. The molecule has 6 nitrogen and oxygen atoms in total. The molecule has 1 heterocycles. The van der Waals surface area contributed by atoms with Gasteiger partial charge >= 0.3 is 13.5 Å². The summed E-state index contributed by atoms with van der Waals surface area (Å²) in [5, 5.41) is 9.39. The Labute approximate surface area is 327 Å². The van der Waals surface area contributed by atoms with Gasteiger partial charge in [0.25, 0.3) is 0 Å². The van der Waals surface area contributed by atoms with Crippen LogP contribution in [0.1, 0.15) is 187 Å². The van der Waals surface area contributed by atoms with E-state index < -0.39 is 5.60 Å². The normalized spacial score (nSPS) is 19.7. The predicted octanol–water partition coefficient (Wildman–Crippen LogP) is 10.8. The van der Waals surface area contributed by atoms with Gasteiger partial charge in [0, 0.05) is 16.5 Å². The maximum Gasteiger partial charge on any atom is 0.330 e. The van der Waals surface area contributed by atoms with Gasteiger partial charge in [-0.15, -0.1) is 0 Å². The quantitative estimate of drug-likeness (QED) is 0.100. The average Bonchev–Trinajstić information content (AvgIpc) is 3.26. The molecule has 0 bridgehead atoms. The Balaban J connectivity index is 0.000000554. The Morgan fingerprint density at radius 3 is 1.90 bits per heavy atom. The summed E-state index contributed by atoms with van der Waals surface area (Å²) in [7, 11) is 1.85. The van der Waals surface area contributed by atoms with Crippen LogP contribution in [-0.4, -0.2) is 52.6 Å². The summed E-state index contributed by atoms with van der Waals surface area (Å²) in [5.41, 5.74) is 2.35. The Morgan fingerprint density at radius 1 is 0.942 bits per heavy atom. The number of ether oxygens (including phenoxy) is 1. The minimum atomic E-state index is -0.417. The van der Waals surface area contributed by atoms with Gasteiger partial charge in [-0.1, -0.05) is 106 Å². The number of esters is 1. The van der Waals surface area contributed by atoms with Gasteiger partial charge in [0.15, 0.2) is 0 Å². The van der Waals surface area contributed by atoms with Crippen LogP contribution in [0.5, 0.6) is 0 Å². The highest BCUT2D eigenvalue weighted by atomic mass is 32.1. The number of amides is 1. The largest absolute Gasteiger partial charge is 0.460 e. The Hall–Kier alpha value is -1.51. The summed E-state index contributed by atoms with van der Waals surface area (Å²) >= 11 is 4.72. The van der Waals surface area contributed by atoms with Crippen molar-refractivity contribution in [3.8, 4) is 0 Å². The number of aliphatic hydroxyl groups is 1. The van der Waals surface area contributed by atoms with Crippen LogP contribution in [0.2, 0.25) is 0 Å². The Kier molecular flexibility index (Phi) is 19.1. The lowest BCUT2D eigenvalue weighted by atomic mass is 9.73. The number of fused-ring (bicyclic) bond motifs is 1. The van der Waals surface area contributed by atoms with Gasteiger partial charge in [-0.05, 0) is 116 Å². The molecule has 1 fully saturated rings. The van der Waals surface area contributed by atoms with E-state index in [0.29, 0.717) is 11.9 Å². The third-order valence-corrected chi connectivity index (χ3v) is 12.2. The molecule has 2 unspecified atom stereocenters. The highest BCUT2D eigenvalue weighted by molar-refractivity contribution is 7.81. The van der Waals surface area contributed by atoms with E-state index in [9.17, 15) is 14.7 Å². The molecule has 1 radical (unpaired) electrons. The summed E-state index contributed by atoms with van der Waals surface area (Å²) in [5.74, 6) is 1.03. The zero-order valence-electron chi connectivity index (χ0n) is 36.4. The fraction of sp³-hybridized carbons (Fsp3) is 0.818. The van der Waals surface area contributed by atoms with Crippen LogP contribution in [0, 0.1) is 17.3 Å². The lowest BCUT2D eigenvalue weighted by Gasteiger charge is -2.42. The zero-order chi connectivity index (χ0) is 40.3. The van der Waals surface area contributed by atoms with Crippen molar-refractivity contribution in [3.05, 3.63) is 23.8 Å². The number of benzene rings is 1. The number of rotatable bonds is 16. The van der Waals surface area contributed by atoms with Crippen molar-refractivity contribution in [2.24, 2.45) is 17.3 Å². The maximum absolute atomic E-state index is 14.0. The monoisotopic (exact) mass is 745 g/mol. The number of hydrogen-bond donors (Lipinski definition) is 2. The van der Waals surface area contributed by atoms with Crippen molar-refractivity contribution >= 4 is 43.1 Å². The molecule has 2 aliphatic rings. The third-order valence-electron chi connectivity index (χ3n) is 11.6. The molecule has 1 saturated carbocycles. The van der Waals surface area contributed by atoms with Crippen molar-refractivity contribution in [1.82, 2.24) is 0 Å². The lowest BCUT2D eigenvalue weighted by Crippen LogP contribution is -2.50. The predicted molar refractivity (Wildman–Crippen MR) is 226 cm³/mol. The SMILES string of the molecule is CCC(C)C(=O)OC(C)(C)C.CCC(O)C(C)(C)CC.CCCC1CC(N2C(=O)C(CCC)(CCC)c3ccc([B]OC(C)(C)C(C)(C)S)cc32)C1. The molecule has 1 aromatic rings. The summed E-state index contributed by atoms with van der Waals surface area (Å²) in [6, 6.07) is 6.86. The molecule has 3 rings (SSSR count). The van der Waals surface area contributed by atoms with Gasteiger partial charge in [-0.3, -0.25) is 9.59 Å². The molecule has 1 N–H and O–H groups in total. The van der Waals surface area contributed by atoms with Crippen LogP contribution in [0.25, 0.3) is 0 Å². The molecule has 0 saturated heterocycles. The molecule has 1 aliphatic carbocycles. The molecule has 1 amide bonds. The van der Waals surface area contributed by atoms with E-state index in [0.717, 1.165) is 74.9 Å². The van der Waals surface area contributed by atoms with Gasteiger partial charge in [0.05, 0.1) is 23.0 Å². The topological polar surface area (TPSA) is 76.1 Å². The molecule has 1 aliphatic heterocycles. The van der Waals surface area contributed by atoms with Gasteiger partial charge in [-0.25, -0.2) is 0 Å². The summed E-state index contributed by atoms with van der Waals surface area (Å²) in [4.78, 5) is 27.3. The second-order valence-electron chi connectivity index (χ2n) is 18.2. The van der Waals surface area contributed by atoms with Crippen molar-refractivity contribution in [3.63, 3.8) is 0 Å². The number of carbonyl (C=O) groups is 2. The third kappa shape index (κ3) is 13.1.